The van der Waals surface area contributed by atoms with Gasteiger partial charge in [-0.3, -0.25) is 0 Å². The molecule has 0 unspecified atom stereocenters. The predicted octanol–water partition coefficient (Wildman–Crippen LogP) is 0.154. The van der Waals surface area contributed by atoms with Gasteiger partial charge in [-0.2, -0.15) is 0 Å². The lowest BCUT2D eigenvalue weighted by atomic mass is 10.3. The van der Waals surface area contributed by atoms with Crippen molar-refractivity contribution in [1.82, 2.24) is 0 Å². The molecule has 0 amide bonds. The Labute approximate surface area is 79.8 Å². The molecule has 0 heterocycles. The highest BCUT2D eigenvalue weighted by atomic mass is 28.3. The van der Waals surface area contributed by atoms with Crippen molar-refractivity contribution in [2.45, 2.75) is 39.3 Å². The van der Waals surface area contributed by atoms with E-state index in [1.807, 2.05) is 0 Å². The molecule has 0 rings (SSSR count). The first kappa shape index (κ1) is 18.2. The Morgan fingerprint density at radius 3 is 0.667 bits per heavy atom. The predicted molar refractivity (Wildman–Crippen MR) is 61.9 cm³/mol. The van der Waals surface area contributed by atoms with E-state index in [2.05, 4.69) is 39.3 Å². The highest BCUT2D eigenvalue weighted by Gasteiger charge is 1.92. The number of hydrogen-bond acceptors (Lipinski definition) is 3. The molecule has 0 aliphatic carbocycles. The molecule has 0 spiro atoms. The highest BCUT2D eigenvalue weighted by Crippen LogP contribution is 1.68. The molecule has 0 saturated heterocycles. The van der Waals surface area contributed by atoms with Crippen LogP contribution in [-0.4, -0.2) is 40.0 Å². The van der Waals surface area contributed by atoms with Gasteiger partial charge < -0.3 is 15.1 Å². The van der Waals surface area contributed by atoms with Crippen LogP contribution in [0.4, 0.5) is 0 Å². The Balaban J connectivity index is -0.000000101. The van der Waals surface area contributed by atoms with Crippen LogP contribution >= 0.6 is 0 Å². The van der Waals surface area contributed by atoms with Gasteiger partial charge in [0.2, 0.25) is 0 Å². The largest absolute Gasteiger partial charge is 0.631 e. The molecular weight excluding hydrogens is 187 g/mol. The van der Waals surface area contributed by atoms with E-state index in [9.17, 15) is 0 Å². The molecule has 3 N–H and O–H groups in total. The second-order valence-corrected chi connectivity index (χ2v) is 10.7. The standard InChI is InChI=1S/2C3H10Si.BH3O3/c2*1-4(2)3;2-1(3)4/h2*4H,1-3H3;2-4H. The van der Waals surface area contributed by atoms with Crippen LogP contribution in [0.15, 0.2) is 0 Å². The smallest absolute Gasteiger partial charge is 0.402 e. The van der Waals surface area contributed by atoms with Crippen LogP contribution in [0.25, 0.3) is 0 Å². The molecule has 0 aromatic rings. The van der Waals surface area contributed by atoms with Crippen LogP contribution in [-0.2, 0) is 0 Å². The Hall–Kier alpha value is 0.379. The Bertz CT molecular complexity index is 49.3. The maximum absolute atomic E-state index is 7.17. The minimum absolute atomic E-state index is 0.139. The van der Waals surface area contributed by atoms with Gasteiger partial charge in [-0.05, 0) is 0 Å². The summed E-state index contributed by atoms with van der Waals surface area (Å²) < 4.78 is 0. The topological polar surface area (TPSA) is 60.7 Å². The molecule has 0 atom stereocenters. The molecule has 0 aliphatic rings. The maximum atomic E-state index is 7.17. The van der Waals surface area contributed by atoms with Gasteiger partial charge in [0, 0.05) is 17.6 Å². The monoisotopic (exact) mass is 210 g/mol. The van der Waals surface area contributed by atoms with Gasteiger partial charge in [-0.25, -0.2) is 0 Å². The normalized spacial score (nSPS) is 8.25. The summed E-state index contributed by atoms with van der Waals surface area (Å²) in [5.41, 5.74) is 0. The first-order valence-electron chi connectivity index (χ1n) is 4.24. The first-order valence-corrected chi connectivity index (χ1v) is 11.2. The second kappa shape index (κ2) is 13.9. The molecule has 0 saturated carbocycles. The number of hydrogen-bond donors (Lipinski definition) is 3. The van der Waals surface area contributed by atoms with Crippen LogP contribution in [0.3, 0.4) is 0 Å². The lowest BCUT2D eigenvalue weighted by Gasteiger charge is -1.75. The lowest BCUT2D eigenvalue weighted by molar-refractivity contribution is 0.278. The van der Waals surface area contributed by atoms with Gasteiger partial charge in [0.25, 0.3) is 0 Å². The van der Waals surface area contributed by atoms with Crippen molar-refractivity contribution in [3.8, 4) is 0 Å². The summed E-state index contributed by atoms with van der Waals surface area (Å²) in [6.07, 6.45) is 0. The van der Waals surface area contributed by atoms with Gasteiger partial charge in [-0.1, -0.05) is 39.3 Å². The van der Waals surface area contributed by atoms with Gasteiger partial charge in [0.1, 0.15) is 0 Å². The van der Waals surface area contributed by atoms with E-state index in [1.54, 1.807) is 0 Å². The summed E-state index contributed by atoms with van der Waals surface area (Å²) in [5, 5.41) is 21.5. The molecule has 0 radical (unpaired) electrons. The van der Waals surface area contributed by atoms with Crippen molar-refractivity contribution in [1.29, 1.82) is 0 Å². The molecule has 0 aromatic heterocycles. The van der Waals surface area contributed by atoms with Gasteiger partial charge in [0.05, 0.1) is 0 Å². The molecule has 0 aliphatic heterocycles. The summed E-state index contributed by atoms with van der Waals surface area (Å²) in [7, 11) is -2.44. The minimum atomic E-state index is -2.17. The Kier molecular flexibility index (Phi) is 21.2. The Morgan fingerprint density at radius 1 is 0.667 bits per heavy atom. The molecular formula is C6H23BO3Si2. The van der Waals surface area contributed by atoms with Crippen LogP contribution in [0.2, 0.25) is 39.3 Å². The van der Waals surface area contributed by atoms with E-state index in [4.69, 9.17) is 15.1 Å². The zero-order valence-corrected chi connectivity index (χ0v) is 11.4. The first-order chi connectivity index (χ1) is 5.20. The molecule has 0 fully saturated rings. The zero-order chi connectivity index (χ0) is 10.7. The molecule has 0 bridgehead atoms. The van der Waals surface area contributed by atoms with Gasteiger partial charge in [-0.15, -0.1) is 0 Å². The second-order valence-electron chi connectivity index (χ2n) is 3.81. The summed E-state index contributed by atoms with van der Waals surface area (Å²) >= 11 is 0. The van der Waals surface area contributed by atoms with Crippen molar-refractivity contribution in [2.75, 3.05) is 0 Å². The summed E-state index contributed by atoms with van der Waals surface area (Å²) in [6.45, 7) is 13.8. The van der Waals surface area contributed by atoms with E-state index in [0.717, 1.165) is 0 Å². The average Bonchev–Trinajstić information content (AvgIpc) is 1.54. The molecule has 76 valence electrons. The number of rotatable bonds is 0. The molecule has 6 heteroatoms. The third-order valence-electron chi connectivity index (χ3n) is 0. The van der Waals surface area contributed by atoms with Crippen LogP contribution < -0.4 is 0 Å². The lowest BCUT2D eigenvalue weighted by Crippen LogP contribution is -2.07. The summed E-state index contributed by atoms with van der Waals surface area (Å²) in [4.78, 5) is 0. The van der Waals surface area contributed by atoms with Crippen molar-refractivity contribution >= 4 is 24.9 Å². The molecule has 0 aromatic carbocycles. The minimum Gasteiger partial charge on any atom is -0.402 e. The average molecular weight is 210 g/mol. The van der Waals surface area contributed by atoms with Gasteiger partial charge >= 0.3 is 7.32 Å². The fraction of sp³-hybridized carbons (Fsp3) is 1.00. The Morgan fingerprint density at radius 2 is 0.667 bits per heavy atom. The van der Waals surface area contributed by atoms with E-state index < -0.39 is 7.32 Å². The summed E-state index contributed by atoms with van der Waals surface area (Å²) in [6, 6.07) is 0. The fourth-order valence-corrected chi connectivity index (χ4v) is 0. The third-order valence-corrected chi connectivity index (χ3v) is 0. The van der Waals surface area contributed by atoms with Gasteiger partial charge in [0.15, 0.2) is 0 Å². The molecule has 12 heavy (non-hydrogen) atoms. The van der Waals surface area contributed by atoms with Crippen LogP contribution in [0, 0.1) is 0 Å². The van der Waals surface area contributed by atoms with E-state index in [-0.39, 0.29) is 17.6 Å². The maximum Gasteiger partial charge on any atom is 0.631 e. The molecule has 3 nitrogen and oxygen atoms in total. The van der Waals surface area contributed by atoms with E-state index in [1.165, 1.54) is 0 Å². The SMILES string of the molecule is C[SiH](C)C.C[SiH](C)C.OB(O)O. The van der Waals surface area contributed by atoms with E-state index >= 15 is 0 Å². The van der Waals surface area contributed by atoms with Crippen LogP contribution in [0.5, 0.6) is 0 Å². The van der Waals surface area contributed by atoms with Crippen LogP contribution in [0.1, 0.15) is 0 Å². The third kappa shape index (κ3) is 6370. The van der Waals surface area contributed by atoms with E-state index in [0.29, 0.717) is 0 Å². The highest BCUT2D eigenvalue weighted by molar-refractivity contribution is 6.54. The van der Waals surface area contributed by atoms with Crippen molar-refractivity contribution in [3.05, 3.63) is 0 Å². The summed E-state index contributed by atoms with van der Waals surface area (Å²) in [5.74, 6) is 0. The quantitative estimate of drug-likeness (QED) is 0.499. The van der Waals surface area contributed by atoms with Crippen molar-refractivity contribution < 1.29 is 15.1 Å². The zero-order valence-electron chi connectivity index (χ0n) is 9.07. The fourth-order valence-electron chi connectivity index (χ4n) is 0. The van der Waals surface area contributed by atoms with Crippen molar-refractivity contribution in [2.24, 2.45) is 0 Å². The van der Waals surface area contributed by atoms with Crippen molar-refractivity contribution in [3.63, 3.8) is 0 Å².